The van der Waals surface area contributed by atoms with Crippen molar-refractivity contribution in [2.45, 2.75) is 44.6 Å². The number of aryl methyl sites for hydroxylation is 1. The Balaban J connectivity index is 1.72. The smallest absolute Gasteiger partial charge is 0.271 e. The van der Waals surface area contributed by atoms with Gasteiger partial charge in [0.15, 0.2) is 0 Å². The molecule has 5 heteroatoms. The highest BCUT2D eigenvalue weighted by atomic mass is 32.2. The van der Waals surface area contributed by atoms with Crippen molar-refractivity contribution >= 4 is 15.9 Å². The molecule has 1 saturated heterocycles. The molecule has 1 aromatic carbocycles. The molecule has 1 unspecified atom stereocenters. The van der Waals surface area contributed by atoms with Crippen molar-refractivity contribution < 1.29 is 8.42 Å². The third-order valence-corrected chi connectivity index (χ3v) is 5.83. The molecule has 19 heavy (non-hydrogen) atoms. The van der Waals surface area contributed by atoms with Gasteiger partial charge in [0, 0.05) is 12.2 Å². The summed E-state index contributed by atoms with van der Waals surface area (Å²) in [6.45, 7) is 2.67. The van der Waals surface area contributed by atoms with Crippen molar-refractivity contribution in [3.8, 4) is 0 Å². The van der Waals surface area contributed by atoms with E-state index in [9.17, 15) is 8.42 Å². The Morgan fingerprint density at radius 2 is 1.74 bits per heavy atom. The van der Waals surface area contributed by atoms with Crippen molar-refractivity contribution in [2.24, 2.45) is 0 Å². The first kappa shape index (κ1) is 12.9. The Morgan fingerprint density at radius 1 is 1.11 bits per heavy atom. The topological polar surface area (TPSA) is 49.2 Å². The number of nitrogens with one attached hydrogen (secondary N) is 1. The molecule has 1 aliphatic heterocycles. The molecule has 1 heterocycles. The zero-order valence-corrected chi connectivity index (χ0v) is 12.0. The van der Waals surface area contributed by atoms with Crippen LogP contribution >= 0.6 is 0 Å². The van der Waals surface area contributed by atoms with Crippen LogP contribution in [0.4, 0.5) is 5.69 Å². The van der Waals surface area contributed by atoms with Gasteiger partial charge in [0.25, 0.3) is 0 Å². The fourth-order valence-electron chi connectivity index (χ4n) is 3.01. The summed E-state index contributed by atoms with van der Waals surface area (Å²) >= 11 is 0. The van der Waals surface area contributed by atoms with Crippen LogP contribution in [0.1, 0.15) is 37.7 Å². The average molecular weight is 280 g/mol. The maximum absolute atomic E-state index is 12.3. The minimum absolute atomic E-state index is 0.0607. The van der Waals surface area contributed by atoms with Crippen LogP contribution in [0.2, 0.25) is 0 Å². The zero-order valence-electron chi connectivity index (χ0n) is 11.2. The minimum Gasteiger partial charge on any atom is -0.271 e. The van der Waals surface area contributed by atoms with E-state index in [-0.39, 0.29) is 5.54 Å². The molecule has 1 aromatic rings. The maximum Gasteiger partial charge on any atom is 0.302 e. The van der Waals surface area contributed by atoms with E-state index in [1.807, 2.05) is 31.2 Å². The Labute approximate surface area is 115 Å². The quantitative estimate of drug-likeness (QED) is 0.865. The van der Waals surface area contributed by atoms with Gasteiger partial charge < -0.3 is 0 Å². The first-order chi connectivity index (χ1) is 9.02. The molecule has 0 aromatic heterocycles. The molecule has 4 nitrogen and oxygen atoms in total. The highest BCUT2D eigenvalue weighted by Crippen LogP contribution is 2.47. The van der Waals surface area contributed by atoms with Crippen molar-refractivity contribution in [3.05, 3.63) is 29.8 Å². The van der Waals surface area contributed by atoms with E-state index in [0.717, 1.165) is 31.2 Å². The summed E-state index contributed by atoms with van der Waals surface area (Å²) in [4.78, 5) is 0. The summed E-state index contributed by atoms with van der Waals surface area (Å²) in [5, 5.41) is 0. The molecule has 1 atom stereocenters. The molecular weight excluding hydrogens is 260 g/mol. The molecule has 0 bridgehead atoms. The second-order valence-corrected chi connectivity index (χ2v) is 7.36. The molecule has 3 rings (SSSR count). The van der Waals surface area contributed by atoms with Crippen LogP contribution in [0.15, 0.2) is 24.3 Å². The van der Waals surface area contributed by atoms with Gasteiger partial charge in [-0.1, -0.05) is 37.0 Å². The SMILES string of the molecule is Cc1ccc(NS(=O)(=O)N2CC23CCCCC3)cc1. The Hall–Kier alpha value is -1.07. The fourth-order valence-corrected chi connectivity index (χ4v) is 4.66. The van der Waals surface area contributed by atoms with E-state index in [4.69, 9.17) is 0 Å². The van der Waals surface area contributed by atoms with Gasteiger partial charge in [-0.3, -0.25) is 4.72 Å². The second kappa shape index (κ2) is 4.49. The van der Waals surface area contributed by atoms with E-state index in [2.05, 4.69) is 4.72 Å². The van der Waals surface area contributed by atoms with Crippen LogP contribution in [0.5, 0.6) is 0 Å². The van der Waals surface area contributed by atoms with Crippen molar-refractivity contribution in [1.29, 1.82) is 0 Å². The lowest BCUT2D eigenvalue weighted by atomic mass is 9.89. The Bertz CT molecular complexity index is 560. The zero-order chi connectivity index (χ0) is 13.5. The number of rotatable bonds is 3. The highest BCUT2D eigenvalue weighted by Gasteiger charge is 2.58. The van der Waals surface area contributed by atoms with Crippen LogP contribution in [-0.2, 0) is 10.2 Å². The summed E-state index contributed by atoms with van der Waals surface area (Å²) in [5.74, 6) is 0. The minimum atomic E-state index is -3.38. The van der Waals surface area contributed by atoms with Crippen LogP contribution in [0.3, 0.4) is 0 Å². The highest BCUT2D eigenvalue weighted by molar-refractivity contribution is 7.90. The molecule has 1 spiro atoms. The van der Waals surface area contributed by atoms with E-state index in [0.29, 0.717) is 12.2 Å². The third-order valence-electron chi connectivity index (χ3n) is 4.24. The van der Waals surface area contributed by atoms with Gasteiger partial charge in [-0.25, -0.2) is 0 Å². The standard InChI is InChI=1S/C14H20N2O2S/c1-12-5-7-13(8-6-12)15-19(17,18)16-11-14(16)9-3-2-4-10-14/h5-8,15H,2-4,9-11H2,1H3. The predicted molar refractivity (Wildman–Crippen MR) is 76.2 cm³/mol. The molecule has 1 aliphatic carbocycles. The number of hydrogen-bond donors (Lipinski definition) is 1. The molecule has 0 radical (unpaired) electrons. The lowest BCUT2D eigenvalue weighted by molar-refractivity contribution is 0.367. The maximum atomic E-state index is 12.3. The van der Waals surface area contributed by atoms with E-state index >= 15 is 0 Å². The van der Waals surface area contributed by atoms with Gasteiger partial charge >= 0.3 is 10.2 Å². The summed E-state index contributed by atoms with van der Waals surface area (Å²) in [6.07, 6.45) is 5.57. The van der Waals surface area contributed by atoms with E-state index < -0.39 is 10.2 Å². The summed E-state index contributed by atoms with van der Waals surface area (Å²) in [7, 11) is -3.38. The van der Waals surface area contributed by atoms with Gasteiger partial charge in [-0.05, 0) is 31.9 Å². The summed E-state index contributed by atoms with van der Waals surface area (Å²) in [6, 6.07) is 7.45. The van der Waals surface area contributed by atoms with Crippen molar-refractivity contribution in [1.82, 2.24) is 4.31 Å². The van der Waals surface area contributed by atoms with Crippen LogP contribution < -0.4 is 4.72 Å². The van der Waals surface area contributed by atoms with Gasteiger partial charge in [0.1, 0.15) is 0 Å². The molecule has 2 fully saturated rings. The van der Waals surface area contributed by atoms with Gasteiger partial charge in [0.05, 0.1) is 5.54 Å². The molecule has 104 valence electrons. The summed E-state index contributed by atoms with van der Waals surface area (Å²) < 4.78 is 29.0. The number of nitrogens with zero attached hydrogens (tertiary/aromatic N) is 1. The predicted octanol–water partition coefficient (Wildman–Crippen LogP) is 2.67. The molecule has 1 saturated carbocycles. The monoisotopic (exact) mass is 280 g/mol. The third kappa shape index (κ3) is 2.49. The van der Waals surface area contributed by atoms with Crippen molar-refractivity contribution in [3.63, 3.8) is 0 Å². The number of anilines is 1. The van der Waals surface area contributed by atoms with Gasteiger partial charge in [-0.2, -0.15) is 12.7 Å². The molecule has 0 amide bonds. The van der Waals surface area contributed by atoms with E-state index in [1.54, 1.807) is 4.31 Å². The first-order valence-electron chi connectivity index (χ1n) is 6.89. The number of benzene rings is 1. The normalized spacial score (nSPS) is 25.2. The Kier molecular flexibility index (Phi) is 3.06. The van der Waals surface area contributed by atoms with Crippen LogP contribution in [-0.4, -0.2) is 24.8 Å². The van der Waals surface area contributed by atoms with Crippen LogP contribution in [0, 0.1) is 6.92 Å². The summed E-state index contributed by atoms with van der Waals surface area (Å²) in [5.41, 5.74) is 1.70. The van der Waals surface area contributed by atoms with Gasteiger partial charge in [0.2, 0.25) is 0 Å². The largest absolute Gasteiger partial charge is 0.302 e. The molecular formula is C14H20N2O2S. The first-order valence-corrected chi connectivity index (χ1v) is 8.33. The lowest BCUT2D eigenvalue weighted by Crippen LogP contribution is -2.30. The average Bonchev–Trinajstić information content (AvgIpc) is 3.08. The number of hydrogen-bond acceptors (Lipinski definition) is 2. The second-order valence-electron chi connectivity index (χ2n) is 5.76. The molecule has 1 N–H and O–H groups in total. The van der Waals surface area contributed by atoms with Gasteiger partial charge in [-0.15, -0.1) is 0 Å². The van der Waals surface area contributed by atoms with Crippen molar-refractivity contribution in [2.75, 3.05) is 11.3 Å². The molecule has 2 aliphatic rings. The Morgan fingerprint density at radius 3 is 2.37 bits per heavy atom. The van der Waals surface area contributed by atoms with Crippen LogP contribution in [0.25, 0.3) is 0 Å². The lowest BCUT2D eigenvalue weighted by Gasteiger charge is -2.22. The van der Waals surface area contributed by atoms with E-state index in [1.165, 1.54) is 6.42 Å². The fraction of sp³-hybridized carbons (Fsp3) is 0.571.